The molecule has 2 aromatic heterocycles. The quantitative estimate of drug-likeness (QED) is 0.145. The smallest absolute Gasteiger partial charge is 0.268 e. The number of hydrogen-bond acceptors (Lipinski definition) is 7. The Hall–Kier alpha value is -4.02. The van der Waals surface area contributed by atoms with E-state index in [4.69, 9.17) is 16.6 Å². The van der Waals surface area contributed by atoms with Crippen molar-refractivity contribution in [2.75, 3.05) is 0 Å². The molecule has 2 heterocycles. The van der Waals surface area contributed by atoms with Gasteiger partial charge in [0, 0.05) is 22.9 Å². The molecule has 9 nitrogen and oxygen atoms in total. The molecule has 0 unspecified atom stereocenters. The van der Waals surface area contributed by atoms with Crippen LogP contribution in [-0.2, 0) is 5.75 Å². The SMILES string of the molecule is O=c1c2cc(Cl)ccc2nc(SCc2cn(-c3ccc([N+](=O)[O-])cc3)nn2)n1-c1ccccc1. The molecule has 0 bridgehead atoms. The standard InChI is InChI=1S/C23H15ClN6O3S/c24-15-6-11-21-20(12-15)22(31)29(18-4-2-1-3-5-18)23(25-21)34-14-16-13-28(27-26-16)17-7-9-19(10-8-17)30(32)33/h1-13H,14H2. The Bertz CT molecular complexity index is 1570. The second-order valence-electron chi connectivity index (χ2n) is 7.25. The van der Waals surface area contributed by atoms with Crippen LogP contribution in [0.15, 0.2) is 88.9 Å². The summed E-state index contributed by atoms with van der Waals surface area (Å²) in [7, 11) is 0. The molecule has 0 aliphatic rings. The molecule has 0 saturated carbocycles. The van der Waals surface area contributed by atoms with Gasteiger partial charge in [0.15, 0.2) is 5.16 Å². The van der Waals surface area contributed by atoms with Gasteiger partial charge in [-0.25, -0.2) is 9.67 Å². The molecule has 11 heteroatoms. The number of hydrogen-bond donors (Lipinski definition) is 0. The maximum absolute atomic E-state index is 13.3. The van der Waals surface area contributed by atoms with E-state index in [0.29, 0.717) is 43.9 Å². The summed E-state index contributed by atoms with van der Waals surface area (Å²) >= 11 is 7.47. The van der Waals surface area contributed by atoms with Crippen molar-refractivity contribution < 1.29 is 4.92 Å². The van der Waals surface area contributed by atoms with Gasteiger partial charge in [-0.2, -0.15) is 0 Å². The van der Waals surface area contributed by atoms with Crippen LogP contribution in [0.1, 0.15) is 5.69 Å². The van der Waals surface area contributed by atoms with Crippen LogP contribution in [0.2, 0.25) is 5.02 Å². The fourth-order valence-electron chi connectivity index (χ4n) is 3.40. The summed E-state index contributed by atoms with van der Waals surface area (Å²) in [5.74, 6) is 0.408. The first-order valence-electron chi connectivity index (χ1n) is 10.1. The lowest BCUT2D eigenvalue weighted by atomic mass is 10.2. The molecule has 0 fully saturated rings. The first kappa shape index (κ1) is 21.8. The summed E-state index contributed by atoms with van der Waals surface area (Å²) in [5.41, 5.74) is 2.35. The van der Waals surface area contributed by atoms with Crippen molar-refractivity contribution in [1.29, 1.82) is 0 Å². The van der Waals surface area contributed by atoms with Gasteiger partial charge in [-0.15, -0.1) is 5.10 Å². The Morgan fingerprint density at radius 1 is 1.00 bits per heavy atom. The third kappa shape index (κ3) is 4.28. The molecule has 0 N–H and O–H groups in total. The third-order valence-electron chi connectivity index (χ3n) is 5.03. The predicted octanol–water partition coefficient (Wildman–Crippen LogP) is 4.82. The first-order valence-corrected chi connectivity index (χ1v) is 11.4. The highest BCUT2D eigenvalue weighted by Gasteiger charge is 2.15. The van der Waals surface area contributed by atoms with Crippen LogP contribution >= 0.6 is 23.4 Å². The molecule has 0 amide bonds. The second-order valence-corrected chi connectivity index (χ2v) is 8.63. The minimum absolute atomic E-state index is 0.00203. The van der Waals surface area contributed by atoms with Gasteiger partial charge < -0.3 is 0 Å². The van der Waals surface area contributed by atoms with Gasteiger partial charge in [-0.3, -0.25) is 19.5 Å². The van der Waals surface area contributed by atoms with Gasteiger partial charge in [-0.1, -0.05) is 46.8 Å². The van der Waals surface area contributed by atoms with Crippen molar-refractivity contribution in [2.24, 2.45) is 0 Å². The number of para-hydroxylation sites is 1. The lowest BCUT2D eigenvalue weighted by Crippen LogP contribution is -2.21. The molecule has 168 valence electrons. The highest BCUT2D eigenvalue weighted by atomic mass is 35.5. The summed E-state index contributed by atoms with van der Waals surface area (Å²) in [6.45, 7) is 0. The van der Waals surface area contributed by atoms with E-state index in [1.165, 1.54) is 23.9 Å². The molecule has 0 aliphatic carbocycles. The number of benzene rings is 3. The lowest BCUT2D eigenvalue weighted by Gasteiger charge is -2.13. The summed E-state index contributed by atoms with van der Waals surface area (Å²) in [6.07, 6.45) is 1.74. The van der Waals surface area contributed by atoms with Crippen LogP contribution < -0.4 is 5.56 Å². The lowest BCUT2D eigenvalue weighted by molar-refractivity contribution is -0.384. The molecule has 3 aromatic carbocycles. The Kier molecular flexibility index (Phi) is 5.83. The van der Waals surface area contributed by atoms with Gasteiger partial charge in [0.25, 0.3) is 11.2 Å². The summed E-state index contributed by atoms with van der Waals surface area (Å²) < 4.78 is 3.10. The van der Waals surface area contributed by atoms with Crippen LogP contribution in [0, 0.1) is 10.1 Å². The van der Waals surface area contributed by atoms with E-state index in [1.807, 2.05) is 30.3 Å². The van der Waals surface area contributed by atoms with Crippen molar-refractivity contribution in [3.63, 3.8) is 0 Å². The van der Waals surface area contributed by atoms with Crippen LogP contribution in [0.3, 0.4) is 0 Å². The van der Waals surface area contributed by atoms with E-state index < -0.39 is 4.92 Å². The highest BCUT2D eigenvalue weighted by Crippen LogP contribution is 2.25. The van der Waals surface area contributed by atoms with Crippen LogP contribution in [0.25, 0.3) is 22.3 Å². The number of rotatable bonds is 6. The third-order valence-corrected chi connectivity index (χ3v) is 6.24. The average Bonchev–Trinajstić information content (AvgIpc) is 3.33. The first-order chi connectivity index (χ1) is 16.5. The average molecular weight is 491 g/mol. The van der Waals surface area contributed by atoms with Crippen molar-refractivity contribution >= 4 is 40.0 Å². The van der Waals surface area contributed by atoms with Gasteiger partial charge >= 0.3 is 0 Å². The maximum atomic E-state index is 13.3. The molecular formula is C23H15ClN6O3S. The second kappa shape index (κ2) is 9.08. The van der Waals surface area contributed by atoms with Crippen LogP contribution in [0.4, 0.5) is 5.69 Å². The van der Waals surface area contributed by atoms with Gasteiger partial charge in [0.05, 0.1) is 39.1 Å². The topological polar surface area (TPSA) is 109 Å². The van der Waals surface area contributed by atoms with E-state index in [-0.39, 0.29) is 11.2 Å². The summed E-state index contributed by atoms with van der Waals surface area (Å²) in [4.78, 5) is 28.5. The van der Waals surface area contributed by atoms with Crippen LogP contribution in [0.5, 0.6) is 0 Å². The number of nitro benzene ring substituents is 1. The van der Waals surface area contributed by atoms with Gasteiger partial charge in [0.1, 0.15) is 0 Å². The monoisotopic (exact) mass is 490 g/mol. The summed E-state index contributed by atoms with van der Waals surface area (Å²) in [6, 6.07) is 20.4. The van der Waals surface area contributed by atoms with E-state index >= 15 is 0 Å². The zero-order valence-corrected chi connectivity index (χ0v) is 19.0. The van der Waals surface area contributed by atoms with E-state index in [2.05, 4.69) is 10.3 Å². The molecule has 0 radical (unpaired) electrons. The summed E-state index contributed by atoms with van der Waals surface area (Å²) in [5, 5.41) is 20.6. The van der Waals surface area contributed by atoms with E-state index in [1.54, 1.807) is 45.8 Å². The molecule has 34 heavy (non-hydrogen) atoms. The molecule has 5 rings (SSSR count). The van der Waals surface area contributed by atoms with Gasteiger partial charge in [-0.05, 0) is 42.5 Å². The Labute approximate surface area is 201 Å². The predicted molar refractivity (Wildman–Crippen MR) is 130 cm³/mol. The van der Waals surface area contributed by atoms with E-state index in [9.17, 15) is 14.9 Å². The minimum atomic E-state index is -0.454. The number of thioether (sulfide) groups is 1. The number of non-ortho nitro benzene ring substituents is 1. The normalized spacial score (nSPS) is 11.1. The molecule has 5 aromatic rings. The molecule has 0 spiro atoms. The largest absolute Gasteiger partial charge is 0.269 e. The molecular weight excluding hydrogens is 476 g/mol. The number of halogens is 1. The van der Waals surface area contributed by atoms with Crippen molar-refractivity contribution in [3.8, 4) is 11.4 Å². The van der Waals surface area contributed by atoms with E-state index in [0.717, 1.165) is 0 Å². The maximum Gasteiger partial charge on any atom is 0.269 e. The van der Waals surface area contributed by atoms with Crippen LogP contribution in [-0.4, -0.2) is 29.5 Å². The Morgan fingerprint density at radius 2 is 1.76 bits per heavy atom. The van der Waals surface area contributed by atoms with Gasteiger partial charge in [0.2, 0.25) is 0 Å². The van der Waals surface area contributed by atoms with Crippen molar-refractivity contribution in [1.82, 2.24) is 24.5 Å². The molecule has 0 saturated heterocycles. The fraction of sp³-hybridized carbons (Fsp3) is 0.0435. The number of aromatic nitrogens is 5. The Balaban J connectivity index is 1.47. The number of fused-ring (bicyclic) bond motifs is 1. The van der Waals surface area contributed by atoms with Crippen molar-refractivity contribution in [3.05, 3.63) is 110 Å². The fourth-order valence-corrected chi connectivity index (χ4v) is 4.46. The zero-order valence-electron chi connectivity index (χ0n) is 17.4. The molecule has 0 atom stereocenters. The minimum Gasteiger partial charge on any atom is -0.268 e. The number of nitrogens with zero attached hydrogens (tertiary/aromatic N) is 6. The zero-order chi connectivity index (χ0) is 23.7. The molecule has 0 aliphatic heterocycles. The number of nitro groups is 1. The highest BCUT2D eigenvalue weighted by molar-refractivity contribution is 7.98. The van der Waals surface area contributed by atoms with Crippen molar-refractivity contribution in [2.45, 2.75) is 10.9 Å². The Morgan fingerprint density at radius 3 is 2.50 bits per heavy atom.